The van der Waals surface area contributed by atoms with Crippen LogP contribution in [0.25, 0.3) is 22.9 Å². The highest BCUT2D eigenvalue weighted by molar-refractivity contribution is 6.29. The first kappa shape index (κ1) is 13.2. The maximum Gasteiger partial charge on any atom is 0.179 e. The molecular weight excluding hydrogens is 290 g/mol. The Hall–Kier alpha value is -2.80. The van der Waals surface area contributed by atoms with Crippen LogP contribution in [0.4, 0.5) is 0 Å². The predicted octanol–water partition coefficient (Wildman–Crippen LogP) is 1.79. The standard InChI is InChI=1S/C13H10ClN7/c14-11-2-4-17-13(20-11)10-5-19-12-6-18-9(7-21(10)12)8(16)1-3-15/h1-7,15H,16H2. The van der Waals surface area contributed by atoms with Gasteiger partial charge in [-0.25, -0.2) is 19.9 Å². The Kier molecular flexibility index (Phi) is 3.33. The van der Waals surface area contributed by atoms with Gasteiger partial charge in [-0.15, -0.1) is 0 Å². The Morgan fingerprint density at radius 3 is 2.90 bits per heavy atom. The van der Waals surface area contributed by atoms with Gasteiger partial charge in [0.2, 0.25) is 0 Å². The van der Waals surface area contributed by atoms with E-state index in [1.54, 1.807) is 35.3 Å². The van der Waals surface area contributed by atoms with Crippen LogP contribution in [0, 0.1) is 5.41 Å². The normalized spacial score (nSPS) is 11.8. The lowest BCUT2D eigenvalue weighted by Gasteiger charge is -2.04. The Morgan fingerprint density at radius 1 is 1.29 bits per heavy atom. The molecule has 0 fully saturated rings. The number of nitrogens with two attached hydrogens (primary N) is 1. The fourth-order valence-corrected chi connectivity index (χ4v) is 1.98. The molecule has 0 unspecified atom stereocenters. The summed E-state index contributed by atoms with van der Waals surface area (Å²) in [5.41, 5.74) is 8.08. The summed E-state index contributed by atoms with van der Waals surface area (Å²) in [4.78, 5) is 16.8. The van der Waals surface area contributed by atoms with Gasteiger partial charge >= 0.3 is 0 Å². The summed E-state index contributed by atoms with van der Waals surface area (Å²) in [7, 11) is 0. The number of nitrogens with one attached hydrogen (secondary N) is 1. The number of fused-ring (bicyclic) bond motifs is 1. The highest BCUT2D eigenvalue weighted by atomic mass is 35.5. The van der Waals surface area contributed by atoms with Crippen molar-refractivity contribution in [3.8, 4) is 11.5 Å². The zero-order valence-electron chi connectivity index (χ0n) is 10.7. The smallest absolute Gasteiger partial charge is 0.179 e. The van der Waals surface area contributed by atoms with Gasteiger partial charge in [0.1, 0.15) is 16.5 Å². The second-order valence-electron chi connectivity index (χ2n) is 4.14. The molecule has 0 radical (unpaired) electrons. The first-order valence-corrected chi connectivity index (χ1v) is 6.35. The van der Waals surface area contributed by atoms with E-state index in [4.69, 9.17) is 22.7 Å². The SMILES string of the molecule is N=CC=C(N)c1cn2c(-c3nccc(Cl)n3)cnc2cn1. The third kappa shape index (κ3) is 2.46. The Morgan fingerprint density at radius 2 is 2.14 bits per heavy atom. The number of halogens is 1. The van der Waals surface area contributed by atoms with E-state index in [1.165, 1.54) is 6.08 Å². The fourth-order valence-electron chi connectivity index (χ4n) is 1.84. The molecule has 3 aromatic heterocycles. The minimum Gasteiger partial charge on any atom is -0.397 e. The number of nitrogens with zero attached hydrogens (tertiary/aromatic N) is 5. The summed E-state index contributed by atoms with van der Waals surface area (Å²) >= 11 is 5.89. The molecule has 3 N–H and O–H groups in total. The average molecular weight is 300 g/mol. The van der Waals surface area contributed by atoms with Crippen molar-refractivity contribution in [2.75, 3.05) is 0 Å². The molecule has 0 aliphatic carbocycles. The van der Waals surface area contributed by atoms with Gasteiger partial charge in [0.15, 0.2) is 11.5 Å². The van der Waals surface area contributed by atoms with E-state index in [1.807, 2.05) is 0 Å². The molecule has 21 heavy (non-hydrogen) atoms. The minimum absolute atomic E-state index is 0.354. The fraction of sp³-hybridized carbons (Fsp3) is 0. The summed E-state index contributed by atoms with van der Waals surface area (Å²) in [5, 5.41) is 7.41. The number of rotatable bonds is 3. The van der Waals surface area contributed by atoms with Crippen LogP contribution < -0.4 is 5.73 Å². The Balaban J connectivity index is 2.18. The maximum atomic E-state index is 7.05. The van der Waals surface area contributed by atoms with Gasteiger partial charge in [-0.1, -0.05) is 11.6 Å². The molecule has 104 valence electrons. The van der Waals surface area contributed by atoms with Gasteiger partial charge in [-0.3, -0.25) is 4.40 Å². The van der Waals surface area contributed by atoms with E-state index in [-0.39, 0.29) is 0 Å². The third-order valence-electron chi connectivity index (χ3n) is 2.81. The van der Waals surface area contributed by atoms with E-state index < -0.39 is 0 Å². The van der Waals surface area contributed by atoms with Crippen LogP contribution >= 0.6 is 11.6 Å². The zero-order valence-corrected chi connectivity index (χ0v) is 11.5. The molecule has 0 aliphatic rings. The molecular formula is C13H10ClN7. The minimum atomic E-state index is 0.354. The molecule has 0 spiro atoms. The summed E-state index contributed by atoms with van der Waals surface area (Å²) in [6.07, 6.45) is 9.10. The Labute approximate surface area is 124 Å². The van der Waals surface area contributed by atoms with Crippen LogP contribution in [-0.2, 0) is 0 Å². The van der Waals surface area contributed by atoms with Crippen molar-refractivity contribution in [1.82, 2.24) is 24.3 Å². The molecule has 3 heterocycles. The monoisotopic (exact) mass is 299 g/mol. The van der Waals surface area contributed by atoms with Crippen LogP contribution in [0.2, 0.25) is 5.15 Å². The lowest BCUT2D eigenvalue weighted by atomic mass is 10.3. The summed E-state index contributed by atoms with van der Waals surface area (Å²) < 4.78 is 1.78. The zero-order chi connectivity index (χ0) is 14.8. The van der Waals surface area contributed by atoms with Gasteiger partial charge in [-0.05, 0) is 12.1 Å². The van der Waals surface area contributed by atoms with Crippen LogP contribution in [0.3, 0.4) is 0 Å². The van der Waals surface area contributed by atoms with Crippen molar-refractivity contribution < 1.29 is 0 Å². The van der Waals surface area contributed by atoms with E-state index in [0.717, 1.165) is 6.21 Å². The summed E-state index contributed by atoms with van der Waals surface area (Å²) in [5.74, 6) is 0.460. The van der Waals surface area contributed by atoms with Gasteiger partial charge in [0, 0.05) is 18.6 Å². The van der Waals surface area contributed by atoms with E-state index >= 15 is 0 Å². The molecule has 0 aliphatic heterocycles. The molecule has 8 heteroatoms. The molecule has 3 rings (SSSR count). The molecule has 3 aromatic rings. The van der Waals surface area contributed by atoms with E-state index in [9.17, 15) is 0 Å². The molecule has 0 aromatic carbocycles. The summed E-state index contributed by atoms with van der Waals surface area (Å²) in [6, 6.07) is 1.60. The number of aromatic nitrogens is 5. The third-order valence-corrected chi connectivity index (χ3v) is 3.02. The van der Waals surface area contributed by atoms with Crippen molar-refractivity contribution in [3.05, 3.63) is 47.8 Å². The van der Waals surface area contributed by atoms with Crippen molar-refractivity contribution in [2.45, 2.75) is 0 Å². The number of imidazole rings is 1. The first-order valence-electron chi connectivity index (χ1n) is 5.97. The van der Waals surface area contributed by atoms with Crippen molar-refractivity contribution in [1.29, 1.82) is 5.41 Å². The number of allylic oxidation sites excluding steroid dienone is 1. The van der Waals surface area contributed by atoms with Crippen molar-refractivity contribution >= 4 is 29.2 Å². The molecule has 0 bridgehead atoms. The first-order chi connectivity index (χ1) is 10.2. The molecule has 0 atom stereocenters. The number of hydrogen-bond acceptors (Lipinski definition) is 6. The lowest BCUT2D eigenvalue weighted by Crippen LogP contribution is -2.02. The molecule has 0 amide bonds. The largest absolute Gasteiger partial charge is 0.397 e. The molecule has 0 saturated carbocycles. The number of hydrogen-bond donors (Lipinski definition) is 2. The lowest BCUT2D eigenvalue weighted by molar-refractivity contribution is 1.07. The van der Waals surface area contributed by atoms with Crippen LogP contribution in [0.15, 0.2) is 36.9 Å². The predicted molar refractivity (Wildman–Crippen MR) is 80.0 cm³/mol. The van der Waals surface area contributed by atoms with E-state index in [0.29, 0.717) is 33.7 Å². The van der Waals surface area contributed by atoms with Crippen LogP contribution in [0.5, 0.6) is 0 Å². The van der Waals surface area contributed by atoms with Gasteiger partial charge in [0.05, 0.1) is 18.1 Å². The van der Waals surface area contributed by atoms with Crippen LogP contribution in [-0.4, -0.2) is 30.6 Å². The maximum absolute atomic E-state index is 7.05. The van der Waals surface area contributed by atoms with Gasteiger partial charge < -0.3 is 11.1 Å². The topological polar surface area (TPSA) is 106 Å². The second-order valence-corrected chi connectivity index (χ2v) is 4.52. The molecule has 0 saturated heterocycles. The van der Waals surface area contributed by atoms with E-state index in [2.05, 4.69) is 19.9 Å². The van der Waals surface area contributed by atoms with Gasteiger partial charge in [-0.2, -0.15) is 0 Å². The van der Waals surface area contributed by atoms with Crippen molar-refractivity contribution in [2.24, 2.45) is 5.73 Å². The second kappa shape index (κ2) is 5.29. The average Bonchev–Trinajstić information content (AvgIpc) is 2.90. The summed E-state index contributed by atoms with van der Waals surface area (Å²) in [6.45, 7) is 0. The molecule has 7 nitrogen and oxygen atoms in total. The Bertz CT molecular complexity index is 853. The highest BCUT2D eigenvalue weighted by Crippen LogP contribution is 2.19. The van der Waals surface area contributed by atoms with Crippen LogP contribution in [0.1, 0.15) is 5.69 Å². The quantitative estimate of drug-likeness (QED) is 0.566. The van der Waals surface area contributed by atoms with Gasteiger partial charge in [0.25, 0.3) is 0 Å². The highest BCUT2D eigenvalue weighted by Gasteiger charge is 2.10. The van der Waals surface area contributed by atoms with Crippen molar-refractivity contribution in [3.63, 3.8) is 0 Å².